The Morgan fingerprint density at radius 2 is 1.81 bits per heavy atom. The fraction of sp³-hybridized carbons (Fsp3) is 0.316. The number of rotatable bonds is 4. The quantitative estimate of drug-likeness (QED) is 0.720. The molecule has 1 aliphatic heterocycles. The molecule has 1 aliphatic rings. The summed E-state index contributed by atoms with van der Waals surface area (Å²) in [7, 11) is 0. The molecule has 0 atom stereocenters. The number of aromatic nitrogens is 4. The summed E-state index contributed by atoms with van der Waals surface area (Å²) in [5.74, 6) is 0. The molecule has 3 aromatic rings. The molecule has 0 bridgehead atoms. The summed E-state index contributed by atoms with van der Waals surface area (Å²) in [6, 6.07) is 15.4. The number of anilines is 1. The predicted octanol–water partition coefficient (Wildman–Crippen LogP) is 0.753. The van der Waals surface area contributed by atoms with E-state index in [4.69, 9.17) is 11.6 Å². The first-order chi connectivity index (χ1) is 13.1. The van der Waals surface area contributed by atoms with Gasteiger partial charge < -0.3 is 9.80 Å². The SMILES string of the molecule is Cc1ccc(Cl)cc1N1CC[NH+](Cn2nnn(-c3ccccc3)c2=O)CC1. The Kier molecular flexibility index (Phi) is 4.96. The van der Waals surface area contributed by atoms with Crippen LogP contribution in [0.1, 0.15) is 5.56 Å². The number of nitrogens with zero attached hydrogens (tertiary/aromatic N) is 5. The first kappa shape index (κ1) is 17.8. The molecule has 2 heterocycles. The maximum atomic E-state index is 12.6. The van der Waals surface area contributed by atoms with Gasteiger partial charge in [0, 0.05) is 10.7 Å². The van der Waals surface area contributed by atoms with Crippen LogP contribution in [0.5, 0.6) is 0 Å². The number of para-hydroxylation sites is 1. The lowest BCUT2D eigenvalue weighted by molar-refractivity contribution is -0.924. The summed E-state index contributed by atoms with van der Waals surface area (Å²) >= 11 is 6.15. The highest BCUT2D eigenvalue weighted by molar-refractivity contribution is 6.30. The second kappa shape index (κ2) is 7.54. The molecule has 1 fully saturated rings. The summed E-state index contributed by atoms with van der Waals surface area (Å²) in [4.78, 5) is 16.2. The minimum absolute atomic E-state index is 0.207. The van der Waals surface area contributed by atoms with E-state index in [9.17, 15) is 4.79 Å². The van der Waals surface area contributed by atoms with Gasteiger partial charge in [0.15, 0.2) is 6.67 Å². The molecular weight excluding hydrogens is 364 g/mol. The Hall–Kier alpha value is -2.64. The third kappa shape index (κ3) is 3.74. The van der Waals surface area contributed by atoms with Crippen LogP contribution in [0.3, 0.4) is 0 Å². The predicted molar refractivity (Wildman–Crippen MR) is 105 cm³/mol. The lowest BCUT2D eigenvalue weighted by Crippen LogP contribution is -3.14. The van der Waals surface area contributed by atoms with Gasteiger partial charge >= 0.3 is 5.69 Å². The van der Waals surface area contributed by atoms with Crippen LogP contribution in [0, 0.1) is 6.92 Å². The standard InChI is InChI=1S/C19H21ClN6O/c1-15-7-8-16(20)13-18(15)24-11-9-23(10-12-24)14-25-19(27)26(22-21-25)17-5-3-2-4-6-17/h2-8,13H,9-12,14H2,1H3/p+1. The molecule has 0 saturated carbocycles. The summed E-state index contributed by atoms with van der Waals surface area (Å²) < 4.78 is 2.79. The number of tetrazole rings is 1. The fourth-order valence-electron chi connectivity index (χ4n) is 3.46. The molecule has 27 heavy (non-hydrogen) atoms. The normalized spacial score (nSPS) is 15.3. The number of piperazine rings is 1. The van der Waals surface area contributed by atoms with Gasteiger partial charge in [-0.3, -0.25) is 0 Å². The lowest BCUT2D eigenvalue weighted by atomic mass is 10.1. The molecule has 0 amide bonds. The van der Waals surface area contributed by atoms with E-state index < -0.39 is 0 Å². The number of aryl methyl sites for hydroxylation is 1. The van der Waals surface area contributed by atoms with Crippen molar-refractivity contribution >= 4 is 17.3 Å². The van der Waals surface area contributed by atoms with Crippen molar-refractivity contribution in [2.75, 3.05) is 31.1 Å². The van der Waals surface area contributed by atoms with Crippen LogP contribution < -0.4 is 15.5 Å². The van der Waals surface area contributed by atoms with E-state index >= 15 is 0 Å². The van der Waals surface area contributed by atoms with Gasteiger partial charge in [0.2, 0.25) is 0 Å². The van der Waals surface area contributed by atoms with Crippen LogP contribution >= 0.6 is 11.6 Å². The Labute approximate surface area is 162 Å². The van der Waals surface area contributed by atoms with E-state index in [-0.39, 0.29) is 5.69 Å². The van der Waals surface area contributed by atoms with Crippen molar-refractivity contribution in [1.82, 2.24) is 19.8 Å². The van der Waals surface area contributed by atoms with Crippen LogP contribution in [0.4, 0.5) is 5.69 Å². The average molecular weight is 386 g/mol. The molecule has 1 saturated heterocycles. The third-order valence-electron chi connectivity index (χ3n) is 5.00. The van der Waals surface area contributed by atoms with Crippen molar-refractivity contribution in [3.8, 4) is 5.69 Å². The molecule has 0 radical (unpaired) electrons. The van der Waals surface area contributed by atoms with Crippen molar-refractivity contribution in [2.45, 2.75) is 13.6 Å². The zero-order valence-electron chi connectivity index (χ0n) is 15.2. The van der Waals surface area contributed by atoms with Crippen LogP contribution in [0.2, 0.25) is 5.02 Å². The van der Waals surface area contributed by atoms with Gasteiger partial charge in [0.1, 0.15) is 0 Å². The van der Waals surface area contributed by atoms with Gasteiger partial charge in [-0.2, -0.15) is 4.68 Å². The van der Waals surface area contributed by atoms with Gasteiger partial charge in [-0.15, -0.1) is 4.68 Å². The molecule has 140 valence electrons. The maximum absolute atomic E-state index is 12.6. The summed E-state index contributed by atoms with van der Waals surface area (Å²) in [6.07, 6.45) is 0. The van der Waals surface area contributed by atoms with Crippen molar-refractivity contribution < 1.29 is 4.90 Å². The van der Waals surface area contributed by atoms with E-state index in [2.05, 4.69) is 28.3 Å². The summed E-state index contributed by atoms with van der Waals surface area (Å²) in [6.45, 7) is 6.31. The molecular formula is C19H22ClN6O+. The maximum Gasteiger partial charge on any atom is 0.373 e. The highest BCUT2D eigenvalue weighted by Crippen LogP contribution is 2.24. The lowest BCUT2D eigenvalue weighted by Gasteiger charge is -2.34. The number of hydrogen-bond acceptors (Lipinski definition) is 4. The van der Waals surface area contributed by atoms with Crippen LogP contribution in [-0.4, -0.2) is 46.0 Å². The third-order valence-corrected chi connectivity index (χ3v) is 5.23. The Bertz CT molecular complexity index is 975. The molecule has 0 unspecified atom stereocenters. The zero-order valence-corrected chi connectivity index (χ0v) is 15.9. The van der Waals surface area contributed by atoms with Crippen molar-refractivity contribution in [1.29, 1.82) is 0 Å². The Balaban J connectivity index is 1.42. The number of hydrogen-bond donors (Lipinski definition) is 1. The molecule has 0 spiro atoms. The van der Waals surface area contributed by atoms with E-state index in [1.54, 1.807) is 0 Å². The van der Waals surface area contributed by atoms with Gasteiger partial charge in [-0.25, -0.2) is 4.79 Å². The van der Waals surface area contributed by atoms with Crippen molar-refractivity contribution in [3.05, 3.63) is 69.6 Å². The second-order valence-corrected chi connectivity index (χ2v) is 7.27. The molecule has 2 aromatic carbocycles. The van der Waals surface area contributed by atoms with Crippen molar-refractivity contribution in [3.63, 3.8) is 0 Å². The first-order valence-electron chi connectivity index (χ1n) is 9.05. The number of benzene rings is 2. The summed E-state index contributed by atoms with van der Waals surface area (Å²) in [5, 5.41) is 8.83. The van der Waals surface area contributed by atoms with E-state index in [1.165, 1.54) is 25.5 Å². The Morgan fingerprint density at radius 3 is 2.56 bits per heavy atom. The number of quaternary nitrogens is 1. The minimum Gasteiger partial charge on any atom is -0.360 e. The summed E-state index contributed by atoms with van der Waals surface area (Å²) in [5.41, 5.74) is 2.94. The molecule has 7 nitrogen and oxygen atoms in total. The molecule has 8 heteroatoms. The van der Waals surface area contributed by atoms with Crippen LogP contribution in [0.25, 0.3) is 5.69 Å². The smallest absolute Gasteiger partial charge is 0.360 e. The van der Waals surface area contributed by atoms with Gasteiger partial charge in [-0.1, -0.05) is 35.9 Å². The highest BCUT2D eigenvalue weighted by Gasteiger charge is 2.23. The second-order valence-electron chi connectivity index (χ2n) is 6.83. The van der Waals surface area contributed by atoms with Crippen molar-refractivity contribution in [2.24, 2.45) is 0 Å². The molecule has 4 rings (SSSR count). The molecule has 1 N–H and O–H groups in total. The zero-order chi connectivity index (χ0) is 18.8. The monoisotopic (exact) mass is 385 g/mol. The molecule has 0 aliphatic carbocycles. The molecule has 1 aromatic heterocycles. The topological polar surface area (TPSA) is 60.4 Å². The van der Waals surface area contributed by atoms with Gasteiger partial charge in [-0.05, 0) is 47.2 Å². The highest BCUT2D eigenvalue weighted by atomic mass is 35.5. The van der Waals surface area contributed by atoms with Gasteiger partial charge in [0.25, 0.3) is 0 Å². The van der Waals surface area contributed by atoms with Crippen LogP contribution in [-0.2, 0) is 6.67 Å². The van der Waals surface area contributed by atoms with E-state index in [0.29, 0.717) is 6.67 Å². The average Bonchev–Trinajstić information content (AvgIpc) is 3.05. The number of nitrogens with one attached hydrogen (secondary N) is 1. The first-order valence-corrected chi connectivity index (χ1v) is 9.42. The Morgan fingerprint density at radius 1 is 1.07 bits per heavy atom. The number of halogens is 1. The van der Waals surface area contributed by atoms with Gasteiger partial charge in [0.05, 0.1) is 31.9 Å². The van der Waals surface area contributed by atoms with Crippen LogP contribution in [0.15, 0.2) is 53.3 Å². The van der Waals surface area contributed by atoms with E-state index in [0.717, 1.165) is 36.9 Å². The minimum atomic E-state index is -0.207. The largest absolute Gasteiger partial charge is 0.373 e. The fourth-order valence-corrected chi connectivity index (χ4v) is 3.63. The van der Waals surface area contributed by atoms with E-state index in [1.807, 2.05) is 42.5 Å².